The quantitative estimate of drug-likeness (QED) is 0.491. The number of hydrogen-bond donors (Lipinski definition) is 0. The number of ether oxygens (including phenoxy) is 1. The predicted octanol–water partition coefficient (Wildman–Crippen LogP) is 1.91. The summed E-state index contributed by atoms with van der Waals surface area (Å²) in [6.45, 7) is 3.32. The van der Waals surface area contributed by atoms with Crippen LogP contribution in [0.3, 0.4) is 0 Å². The zero-order valence-corrected chi connectivity index (χ0v) is 7.40. The maximum Gasteiger partial charge on any atom is 0.324 e. The van der Waals surface area contributed by atoms with E-state index in [1.165, 1.54) is 6.92 Å². The molecule has 0 aliphatic rings. The van der Waals surface area contributed by atoms with Gasteiger partial charge in [0, 0.05) is 6.42 Å². The predicted molar refractivity (Wildman–Crippen MR) is 41.5 cm³/mol. The maximum atomic E-state index is 12.3. The lowest BCUT2D eigenvalue weighted by molar-refractivity contribution is -0.143. The average molecular weight is 183 g/mol. The summed E-state index contributed by atoms with van der Waals surface area (Å²) >= 11 is 5.49. The van der Waals surface area contributed by atoms with Crippen molar-refractivity contribution >= 4 is 17.6 Å². The molecule has 0 fully saturated rings. The minimum absolute atomic E-state index is 0.0143. The Kier molecular flexibility index (Phi) is 5.20. The van der Waals surface area contributed by atoms with Gasteiger partial charge in [0.05, 0.1) is 12.8 Å². The van der Waals surface area contributed by atoms with Gasteiger partial charge >= 0.3 is 5.97 Å². The number of carbonyl (C=O) groups excluding carboxylic acids is 1. The van der Waals surface area contributed by atoms with Crippen molar-refractivity contribution in [3.63, 3.8) is 0 Å². The first-order valence-corrected chi connectivity index (χ1v) is 3.96. The molecule has 0 radical (unpaired) electrons. The molecule has 66 valence electrons. The zero-order valence-electron chi connectivity index (χ0n) is 6.64. The van der Waals surface area contributed by atoms with Crippen molar-refractivity contribution in [1.82, 2.24) is 0 Å². The monoisotopic (exact) mass is 182 g/mol. The highest BCUT2D eigenvalue weighted by Gasteiger charge is 2.18. The Bertz CT molecular complexity index is 128. The number of carbonyl (C=O) groups is 1. The van der Waals surface area contributed by atoms with E-state index in [1.807, 2.05) is 0 Å². The van der Waals surface area contributed by atoms with Crippen molar-refractivity contribution in [2.45, 2.75) is 31.8 Å². The van der Waals surface area contributed by atoms with Gasteiger partial charge in [-0.3, -0.25) is 4.79 Å². The van der Waals surface area contributed by atoms with Gasteiger partial charge in [-0.1, -0.05) is 0 Å². The standard InChI is InChI=1S/C7H12ClFO2/c1-3-11-7(10)6(8)4-5(2)9/h5-6H,3-4H2,1-2H3. The van der Waals surface area contributed by atoms with Crippen LogP contribution in [0.4, 0.5) is 4.39 Å². The lowest BCUT2D eigenvalue weighted by Gasteiger charge is -2.08. The van der Waals surface area contributed by atoms with Gasteiger partial charge in [-0.25, -0.2) is 4.39 Å². The first-order chi connectivity index (χ1) is 5.07. The van der Waals surface area contributed by atoms with E-state index in [1.54, 1.807) is 6.92 Å². The molecule has 0 rings (SSSR count). The lowest BCUT2D eigenvalue weighted by atomic mass is 10.2. The molecule has 11 heavy (non-hydrogen) atoms. The second kappa shape index (κ2) is 5.35. The Morgan fingerprint density at radius 1 is 1.73 bits per heavy atom. The molecule has 0 amide bonds. The van der Waals surface area contributed by atoms with Crippen molar-refractivity contribution in [3.05, 3.63) is 0 Å². The summed E-state index contributed by atoms with van der Waals surface area (Å²) in [5.41, 5.74) is 0. The van der Waals surface area contributed by atoms with Crippen LogP contribution < -0.4 is 0 Å². The molecule has 4 heteroatoms. The number of halogens is 2. The van der Waals surface area contributed by atoms with E-state index < -0.39 is 17.5 Å². The summed E-state index contributed by atoms with van der Waals surface area (Å²) in [4.78, 5) is 10.8. The molecule has 0 bridgehead atoms. The van der Waals surface area contributed by atoms with Crippen LogP contribution >= 0.6 is 11.6 Å². The van der Waals surface area contributed by atoms with Gasteiger partial charge in [-0.2, -0.15) is 0 Å². The molecule has 2 unspecified atom stereocenters. The van der Waals surface area contributed by atoms with E-state index in [4.69, 9.17) is 11.6 Å². The molecule has 2 atom stereocenters. The van der Waals surface area contributed by atoms with Crippen molar-refractivity contribution in [2.24, 2.45) is 0 Å². The van der Waals surface area contributed by atoms with Crippen LogP contribution in [0.2, 0.25) is 0 Å². The van der Waals surface area contributed by atoms with E-state index >= 15 is 0 Å². The summed E-state index contributed by atoms with van der Waals surface area (Å²) in [5, 5.41) is -0.852. The van der Waals surface area contributed by atoms with Gasteiger partial charge in [0.2, 0.25) is 0 Å². The third-order valence-electron chi connectivity index (χ3n) is 1.07. The molecule has 0 saturated heterocycles. The molecular formula is C7H12ClFO2. The Morgan fingerprint density at radius 2 is 2.27 bits per heavy atom. The molecule has 0 aromatic carbocycles. The highest BCUT2D eigenvalue weighted by molar-refractivity contribution is 6.29. The molecule has 0 saturated carbocycles. The first kappa shape index (κ1) is 10.7. The third-order valence-corrected chi connectivity index (χ3v) is 1.43. The lowest BCUT2D eigenvalue weighted by Crippen LogP contribution is -2.20. The maximum absolute atomic E-state index is 12.3. The Labute approximate surface area is 70.7 Å². The normalized spacial score (nSPS) is 15.6. The number of alkyl halides is 2. The largest absolute Gasteiger partial charge is 0.465 e. The van der Waals surface area contributed by atoms with E-state index in [9.17, 15) is 9.18 Å². The minimum Gasteiger partial charge on any atom is -0.465 e. The van der Waals surface area contributed by atoms with Crippen LogP contribution in [0.5, 0.6) is 0 Å². The highest BCUT2D eigenvalue weighted by Crippen LogP contribution is 2.09. The molecular weight excluding hydrogens is 171 g/mol. The van der Waals surface area contributed by atoms with Crippen molar-refractivity contribution < 1.29 is 13.9 Å². The second-order valence-electron chi connectivity index (χ2n) is 2.24. The molecule has 2 nitrogen and oxygen atoms in total. The SMILES string of the molecule is CCOC(=O)C(Cl)CC(C)F. The van der Waals surface area contributed by atoms with Crippen molar-refractivity contribution in [2.75, 3.05) is 6.61 Å². The topological polar surface area (TPSA) is 26.3 Å². The Hall–Kier alpha value is -0.310. The fourth-order valence-electron chi connectivity index (χ4n) is 0.614. The summed E-state index contributed by atoms with van der Waals surface area (Å²) in [5.74, 6) is -0.543. The van der Waals surface area contributed by atoms with Gasteiger partial charge < -0.3 is 4.74 Å². The second-order valence-corrected chi connectivity index (χ2v) is 2.76. The minimum atomic E-state index is -1.07. The molecule has 0 spiro atoms. The number of rotatable bonds is 4. The van der Waals surface area contributed by atoms with Crippen LogP contribution in [0.25, 0.3) is 0 Å². The molecule has 0 aromatic heterocycles. The van der Waals surface area contributed by atoms with Crippen LogP contribution in [-0.2, 0) is 9.53 Å². The van der Waals surface area contributed by atoms with Gasteiger partial charge in [0.25, 0.3) is 0 Å². The van der Waals surface area contributed by atoms with E-state index in [0.717, 1.165) is 0 Å². The molecule has 0 heterocycles. The van der Waals surface area contributed by atoms with E-state index in [-0.39, 0.29) is 13.0 Å². The smallest absolute Gasteiger partial charge is 0.324 e. The molecule has 0 aliphatic heterocycles. The van der Waals surface area contributed by atoms with Crippen LogP contribution in [-0.4, -0.2) is 24.1 Å². The summed E-state index contributed by atoms with van der Waals surface area (Å²) in [6, 6.07) is 0. The summed E-state index contributed by atoms with van der Waals surface area (Å²) < 4.78 is 16.8. The third kappa shape index (κ3) is 5.01. The summed E-state index contributed by atoms with van der Waals surface area (Å²) in [6.07, 6.45) is -1.05. The van der Waals surface area contributed by atoms with Gasteiger partial charge in [-0.05, 0) is 13.8 Å². The number of esters is 1. The first-order valence-electron chi connectivity index (χ1n) is 3.52. The van der Waals surface area contributed by atoms with Gasteiger partial charge in [0.1, 0.15) is 5.38 Å². The van der Waals surface area contributed by atoms with Crippen LogP contribution in [0, 0.1) is 0 Å². The summed E-state index contributed by atoms with van der Waals surface area (Å²) in [7, 11) is 0. The zero-order chi connectivity index (χ0) is 8.85. The van der Waals surface area contributed by atoms with Crippen LogP contribution in [0.15, 0.2) is 0 Å². The molecule has 0 aliphatic carbocycles. The average Bonchev–Trinajstić information content (AvgIpc) is 1.86. The fourth-order valence-corrected chi connectivity index (χ4v) is 0.923. The fraction of sp³-hybridized carbons (Fsp3) is 0.857. The van der Waals surface area contributed by atoms with Crippen molar-refractivity contribution in [3.8, 4) is 0 Å². The van der Waals surface area contributed by atoms with Crippen molar-refractivity contribution in [1.29, 1.82) is 0 Å². The molecule has 0 aromatic rings. The van der Waals surface area contributed by atoms with Crippen LogP contribution in [0.1, 0.15) is 20.3 Å². The van der Waals surface area contributed by atoms with Gasteiger partial charge in [-0.15, -0.1) is 11.6 Å². The highest BCUT2D eigenvalue weighted by atomic mass is 35.5. The Morgan fingerprint density at radius 3 is 2.64 bits per heavy atom. The van der Waals surface area contributed by atoms with Gasteiger partial charge in [0.15, 0.2) is 0 Å². The molecule has 0 N–H and O–H groups in total. The van der Waals surface area contributed by atoms with E-state index in [2.05, 4.69) is 4.74 Å². The van der Waals surface area contributed by atoms with E-state index in [0.29, 0.717) is 0 Å². The Balaban J connectivity index is 3.64. The number of hydrogen-bond acceptors (Lipinski definition) is 2.